The molecule has 0 radical (unpaired) electrons. The average molecular weight is 282 g/mol. The van der Waals surface area contributed by atoms with Crippen molar-refractivity contribution >= 4 is 12.0 Å². The molecular formula is C12H18N4O4. The zero-order valence-corrected chi connectivity index (χ0v) is 11.3. The van der Waals surface area contributed by atoms with Gasteiger partial charge in [-0.3, -0.25) is 4.79 Å². The van der Waals surface area contributed by atoms with Crippen LogP contribution < -0.4 is 5.32 Å². The summed E-state index contributed by atoms with van der Waals surface area (Å²) in [6, 6.07) is -0.323. The van der Waals surface area contributed by atoms with E-state index in [0.29, 0.717) is 24.8 Å². The number of hydrogen-bond acceptors (Lipinski definition) is 5. The Morgan fingerprint density at radius 1 is 1.55 bits per heavy atom. The number of carboxylic acids is 1. The summed E-state index contributed by atoms with van der Waals surface area (Å²) in [6.45, 7) is 3.09. The molecule has 110 valence electrons. The fourth-order valence-corrected chi connectivity index (χ4v) is 2.25. The highest BCUT2D eigenvalue weighted by Gasteiger charge is 2.33. The Morgan fingerprint density at radius 2 is 2.35 bits per heavy atom. The quantitative estimate of drug-likeness (QED) is 0.832. The zero-order chi connectivity index (χ0) is 14.5. The Bertz CT molecular complexity index is 488. The van der Waals surface area contributed by atoms with Crippen LogP contribution in [-0.4, -0.2) is 45.2 Å². The third kappa shape index (κ3) is 3.25. The highest BCUT2D eigenvalue weighted by atomic mass is 16.5. The lowest BCUT2D eigenvalue weighted by Gasteiger charge is -2.22. The first kappa shape index (κ1) is 14.3. The summed E-state index contributed by atoms with van der Waals surface area (Å²) >= 11 is 0. The molecule has 0 aromatic carbocycles. The highest BCUT2D eigenvalue weighted by Crippen LogP contribution is 2.30. The molecule has 1 atom stereocenters. The molecule has 1 aliphatic rings. The molecule has 8 heteroatoms. The van der Waals surface area contributed by atoms with E-state index in [1.807, 2.05) is 6.92 Å². The van der Waals surface area contributed by atoms with Crippen molar-refractivity contribution in [2.45, 2.75) is 38.6 Å². The highest BCUT2D eigenvalue weighted by molar-refractivity contribution is 5.74. The van der Waals surface area contributed by atoms with Gasteiger partial charge >= 0.3 is 12.0 Å². The number of nitrogens with zero attached hydrogens (tertiary/aromatic N) is 3. The Balaban J connectivity index is 2.02. The van der Waals surface area contributed by atoms with Crippen molar-refractivity contribution < 1.29 is 19.2 Å². The van der Waals surface area contributed by atoms with Crippen LogP contribution >= 0.6 is 0 Å². The maximum Gasteiger partial charge on any atom is 0.318 e. The second-order valence-electron chi connectivity index (χ2n) is 4.63. The second-order valence-corrected chi connectivity index (χ2v) is 4.63. The van der Waals surface area contributed by atoms with Crippen molar-refractivity contribution in [2.75, 3.05) is 13.1 Å². The van der Waals surface area contributed by atoms with E-state index in [0.717, 1.165) is 12.8 Å². The van der Waals surface area contributed by atoms with Crippen LogP contribution in [0.3, 0.4) is 0 Å². The fourth-order valence-electron chi connectivity index (χ4n) is 2.25. The molecular weight excluding hydrogens is 264 g/mol. The van der Waals surface area contributed by atoms with Crippen molar-refractivity contribution in [3.63, 3.8) is 0 Å². The molecule has 2 amide bonds. The summed E-state index contributed by atoms with van der Waals surface area (Å²) in [5.74, 6) is -0.158. The van der Waals surface area contributed by atoms with Gasteiger partial charge in [0, 0.05) is 19.5 Å². The summed E-state index contributed by atoms with van der Waals surface area (Å²) in [6.07, 6.45) is 1.83. The van der Waals surface area contributed by atoms with Gasteiger partial charge in [-0.05, 0) is 19.8 Å². The first-order valence-electron chi connectivity index (χ1n) is 6.70. The number of likely N-dealkylation sites (tertiary alicyclic amines) is 1. The molecule has 1 unspecified atom stereocenters. The van der Waals surface area contributed by atoms with Crippen LogP contribution in [-0.2, 0) is 11.2 Å². The lowest BCUT2D eigenvalue weighted by atomic mass is 10.2. The summed E-state index contributed by atoms with van der Waals surface area (Å²) in [5.41, 5.74) is 0. The molecule has 20 heavy (non-hydrogen) atoms. The van der Waals surface area contributed by atoms with Crippen LogP contribution in [0.15, 0.2) is 4.52 Å². The molecule has 1 fully saturated rings. The Kier molecular flexibility index (Phi) is 4.54. The lowest BCUT2D eigenvalue weighted by molar-refractivity contribution is -0.137. The zero-order valence-electron chi connectivity index (χ0n) is 11.3. The molecule has 0 saturated carbocycles. The van der Waals surface area contributed by atoms with Crippen LogP contribution in [0.5, 0.6) is 0 Å². The van der Waals surface area contributed by atoms with E-state index in [-0.39, 0.29) is 24.9 Å². The smallest absolute Gasteiger partial charge is 0.318 e. The van der Waals surface area contributed by atoms with E-state index in [9.17, 15) is 9.59 Å². The van der Waals surface area contributed by atoms with Gasteiger partial charge in [0.15, 0.2) is 5.82 Å². The third-order valence-corrected chi connectivity index (χ3v) is 3.18. The van der Waals surface area contributed by atoms with E-state index in [1.165, 1.54) is 0 Å². The number of carbonyl (C=O) groups excluding carboxylic acids is 1. The number of amides is 2. The number of aromatic nitrogens is 2. The molecule has 0 spiro atoms. The van der Waals surface area contributed by atoms with Crippen LogP contribution in [0, 0.1) is 0 Å². The van der Waals surface area contributed by atoms with Crippen LogP contribution in [0.25, 0.3) is 0 Å². The molecule has 2 rings (SSSR count). The van der Waals surface area contributed by atoms with Crippen molar-refractivity contribution in [2.24, 2.45) is 0 Å². The van der Waals surface area contributed by atoms with Gasteiger partial charge in [-0.25, -0.2) is 4.79 Å². The Morgan fingerprint density at radius 3 is 3.05 bits per heavy atom. The summed E-state index contributed by atoms with van der Waals surface area (Å²) in [5, 5.41) is 15.2. The minimum absolute atomic E-state index is 0.0493. The first-order valence-corrected chi connectivity index (χ1v) is 6.70. The van der Waals surface area contributed by atoms with E-state index in [1.54, 1.807) is 4.90 Å². The summed E-state index contributed by atoms with van der Waals surface area (Å²) in [4.78, 5) is 28.3. The monoisotopic (exact) mass is 282 g/mol. The minimum Gasteiger partial charge on any atom is -0.481 e. The van der Waals surface area contributed by atoms with Crippen molar-refractivity contribution in [1.29, 1.82) is 0 Å². The minimum atomic E-state index is -0.908. The molecule has 1 aromatic heterocycles. The second kappa shape index (κ2) is 6.36. The van der Waals surface area contributed by atoms with Gasteiger partial charge in [0.2, 0.25) is 5.89 Å². The number of carbonyl (C=O) groups is 2. The van der Waals surface area contributed by atoms with Gasteiger partial charge in [-0.2, -0.15) is 4.98 Å². The normalized spacial score (nSPS) is 18.2. The van der Waals surface area contributed by atoms with Crippen LogP contribution in [0.4, 0.5) is 4.79 Å². The van der Waals surface area contributed by atoms with Gasteiger partial charge < -0.3 is 19.8 Å². The molecule has 2 heterocycles. The molecule has 1 aromatic rings. The van der Waals surface area contributed by atoms with E-state index < -0.39 is 5.97 Å². The number of hydrogen-bond donors (Lipinski definition) is 2. The molecule has 1 saturated heterocycles. The van der Waals surface area contributed by atoms with Gasteiger partial charge in [-0.15, -0.1) is 0 Å². The van der Waals surface area contributed by atoms with E-state index in [2.05, 4.69) is 15.5 Å². The number of aryl methyl sites for hydroxylation is 1. The standard InChI is InChI=1S/C12H18N4O4/c1-2-13-12(19)16-7-3-4-8(16)11-14-9(20-15-11)5-6-10(17)18/h8H,2-7H2,1H3,(H,13,19)(H,17,18). The van der Waals surface area contributed by atoms with Crippen LogP contribution in [0.1, 0.15) is 43.9 Å². The fraction of sp³-hybridized carbons (Fsp3) is 0.667. The summed E-state index contributed by atoms with van der Waals surface area (Å²) < 4.78 is 5.03. The predicted octanol–water partition coefficient (Wildman–Crippen LogP) is 0.953. The van der Waals surface area contributed by atoms with Gasteiger partial charge in [0.1, 0.15) is 0 Å². The first-order chi connectivity index (χ1) is 9.61. The summed E-state index contributed by atoms with van der Waals surface area (Å²) in [7, 11) is 0. The predicted molar refractivity (Wildman–Crippen MR) is 68.0 cm³/mol. The SMILES string of the molecule is CCNC(=O)N1CCCC1c1noc(CCC(=O)O)n1. The van der Waals surface area contributed by atoms with Crippen LogP contribution in [0.2, 0.25) is 0 Å². The average Bonchev–Trinajstić information content (AvgIpc) is 3.05. The van der Waals surface area contributed by atoms with Crippen molar-refractivity contribution in [3.05, 3.63) is 11.7 Å². The Labute approximate surface area is 116 Å². The maximum atomic E-state index is 11.9. The lowest BCUT2D eigenvalue weighted by Crippen LogP contribution is -2.39. The van der Waals surface area contributed by atoms with Crippen molar-refractivity contribution in [3.8, 4) is 0 Å². The number of urea groups is 1. The number of nitrogens with one attached hydrogen (secondary N) is 1. The van der Waals surface area contributed by atoms with Gasteiger partial charge in [-0.1, -0.05) is 5.16 Å². The van der Waals surface area contributed by atoms with E-state index >= 15 is 0 Å². The topological polar surface area (TPSA) is 109 Å². The molecule has 0 bridgehead atoms. The van der Waals surface area contributed by atoms with Gasteiger partial charge in [0.25, 0.3) is 0 Å². The molecule has 0 aliphatic carbocycles. The largest absolute Gasteiger partial charge is 0.481 e. The maximum absolute atomic E-state index is 11.9. The molecule has 1 aliphatic heterocycles. The number of rotatable bonds is 5. The number of carboxylic acid groups (broad SMARTS) is 1. The van der Waals surface area contributed by atoms with E-state index in [4.69, 9.17) is 9.63 Å². The third-order valence-electron chi connectivity index (χ3n) is 3.18. The van der Waals surface area contributed by atoms with Gasteiger partial charge in [0.05, 0.1) is 12.5 Å². The Hall–Kier alpha value is -2.12. The van der Waals surface area contributed by atoms with Crippen molar-refractivity contribution in [1.82, 2.24) is 20.4 Å². The molecule has 2 N–H and O–H groups in total. The molecule has 8 nitrogen and oxygen atoms in total. The number of aliphatic carboxylic acids is 1.